The van der Waals surface area contributed by atoms with Gasteiger partial charge in [0, 0.05) is 11.9 Å². The van der Waals surface area contributed by atoms with Crippen molar-refractivity contribution in [2.75, 3.05) is 0 Å². The van der Waals surface area contributed by atoms with E-state index in [1.165, 1.54) is 5.69 Å². The summed E-state index contributed by atoms with van der Waals surface area (Å²) < 4.78 is 2.06. The van der Waals surface area contributed by atoms with E-state index in [0.29, 0.717) is 12.0 Å². The van der Waals surface area contributed by atoms with E-state index in [0.717, 1.165) is 19.3 Å². The Balaban J connectivity index is 2.20. The van der Waals surface area contributed by atoms with Gasteiger partial charge in [0.2, 0.25) is 0 Å². The molecule has 3 nitrogen and oxygen atoms in total. The Morgan fingerprint density at radius 1 is 1.50 bits per heavy atom. The summed E-state index contributed by atoms with van der Waals surface area (Å²) >= 11 is 0. The predicted molar refractivity (Wildman–Crippen MR) is 55.0 cm³/mol. The molecule has 1 aliphatic carbocycles. The van der Waals surface area contributed by atoms with Crippen molar-refractivity contribution in [3.8, 4) is 0 Å². The summed E-state index contributed by atoms with van der Waals surface area (Å²) in [6.07, 6.45) is 4.59. The minimum Gasteiger partial charge on any atom is -0.393 e. The number of aliphatic hydroxyl groups is 1. The summed E-state index contributed by atoms with van der Waals surface area (Å²) in [5.41, 5.74) is 1.19. The molecule has 1 N–H and O–H groups in total. The van der Waals surface area contributed by atoms with Crippen LogP contribution in [0.15, 0.2) is 12.3 Å². The molecule has 0 aliphatic heterocycles. The molecule has 3 heteroatoms. The van der Waals surface area contributed by atoms with Crippen LogP contribution >= 0.6 is 0 Å². The first-order valence-electron chi connectivity index (χ1n) is 5.36. The third kappa shape index (κ3) is 1.69. The third-order valence-electron chi connectivity index (χ3n) is 3.31. The van der Waals surface area contributed by atoms with Crippen molar-refractivity contribution in [3.05, 3.63) is 18.0 Å². The fraction of sp³-hybridized carbons (Fsp3) is 0.727. The second-order valence-electron chi connectivity index (χ2n) is 4.43. The maximum atomic E-state index is 9.65. The zero-order valence-corrected chi connectivity index (χ0v) is 8.85. The number of hydrogen-bond donors (Lipinski definition) is 1. The van der Waals surface area contributed by atoms with E-state index in [9.17, 15) is 5.11 Å². The number of nitrogens with zero attached hydrogens (tertiary/aromatic N) is 2. The Morgan fingerprint density at radius 3 is 2.93 bits per heavy atom. The Hall–Kier alpha value is -0.830. The first-order chi connectivity index (χ1) is 6.68. The minimum absolute atomic E-state index is 0.139. The van der Waals surface area contributed by atoms with Gasteiger partial charge in [0.05, 0.1) is 12.1 Å². The van der Waals surface area contributed by atoms with Crippen LogP contribution < -0.4 is 0 Å². The van der Waals surface area contributed by atoms with Gasteiger partial charge in [-0.15, -0.1) is 0 Å². The average molecular weight is 194 g/mol. The summed E-state index contributed by atoms with van der Waals surface area (Å²) in [6.45, 7) is 4.32. The molecule has 1 heterocycles. The van der Waals surface area contributed by atoms with Gasteiger partial charge in [0.25, 0.3) is 0 Å². The molecule has 0 spiro atoms. The number of aromatic nitrogens is 2. The predicted octanol–water partition coefficient (Wildman–Crippen LogP) is 1.91. The second kappa shape index (κ2) is 3.73. The molecule has 1 fully saturated rings. The van der Waals surface area contributed by atoms with Crippen molar-refractivity contribution in [1.29, 1.82) is 0 Å². The van der Waals surface area contributed by atoms with Gasteiger partial charge in [-0.1, -0.05) is 6.92 Å². The molecule has 1 aliphatic rings. The SMILES string of the molecule is Cc1ccnn1C1CC(O)CCC1C. The summed E-state index contributed by atoms with van der Waals surface area (Å²) in [4.78, 5) is 0. The normalized spacial score (nSPS) is 33.2. The summed E-state index contributed by atoms with van der Waals surface area (Å²) in [6, 6.07) is 2.40. The molecule has 0 bridgehead atoms. The van der Waals surface area contributed by atoms with Crippen molar-refractivity contribution in [2.45, 2.75) is 45.3 Å². The van der Waals surface area contributed by atoms with Crippen LogP contribution in [0.2, 0.25) is 0 Å². The largest absolute Gasteiger partial charge is 0.393 e. The van der Waals surface area contributed by atoms with Crippen LogP contribution in [0.4, 0.5) is 0 Å². The van der Waals surface area contributed by atoms with Crippen molar-refractivity contribution in [2.24, 2.45) is 5.92 Å². The minimum atomic E-state index is -0.139. The van der Waals surface area contributed by atoms with Crippen molar-refractivity contribution in [3.63, 3.8) is 0 Å². The van der Waals surface area contributed by atoms with Gasteiger partial charge < -0.3 is 5.11 Å². The lowest BCUT2D eigenvalue weighted by atomic mass is 9.84. The smallest absolute Gasteiger partial charge is 0.0572 e. The first-order valence-corrected chi connectivity index (χ1v) is 5.36. The Bertz CT molecular complexity index is 308. The fourth-order valence-electron chi connectivity index (χ4n) is 2.35. The molecular weight excluding hydrogens is 176 g/mol. The van der Waals surface area contributed by atoms with E-state index in [1.54, 1.807) is 0 Å². The highest BCUT2D eigenvalue weighted by Gasteiger charge is 2.28. The van der Waals surface area contributed by atoms with Crippen LogP contribution in [0.3, 0.4) is 0 Å². The molecule has 1 aromatic heterocycles. The molecule has 0 amide bonds. The van der Waals surface area contributed by atoms with E-state index in [1.807, 2.05) is 12.3 Å². The van der Waals surface area contributed by atoms with Crippen LogP contribution in [0.25, 0.3) is 0 Å². The number of aliphatic hydroxyl groups excluding tert-OH is 1. The molecule has 3 atom stereocenters. The highest BCUT2D eigenvalue weighted by Crippen LogP contribution is 2.33. The zero-order chi connectivity index (χ0) is 10.1. The topological polar surface area (TPSA) is 38.0 Å². The monoisotopic (exact) mass is 194 g/mol. The van der Waals surface area contributed by atoms with E-state index in [4.69, 9.17) is 0 Å². The lowest BCUT2D eigenvalue weighted by Gasteiger charge is -2.32. The maximum absolute atomic E-state index is 9.65. The van der Waals surface area contributed by atoms with Gasteiger partial charge in [-0.2, -0.15) is 5.10 Å². The summed E-state index contributed by atoms with van der Waals surface area (Å²) in [5, 5.41) is 14.0. The van der Waals surface area contributed by atoms with Crippen LogP contribution in [0, 0.1) is 12.8 Å². The van der Waals surface area contributed by atoms with E-state index < -0.39 is 0 Å². The summed E-state index contributed by atoms with van der Waals surface area (Å²) in [5.74, 6) is 0.622. The number of hydrogen-bond acceptors (Lipinski definition) is 2. The first kappa shape index (κ1) is 9.71. The van der Waals surface area contributed by atoms with Gasteiger partial charge in [-0.3, -0.25) is 4.68 Å². The van der Waals surface area contributed by atoms with Gasteiger partial charge in [-0.05, 0) is 38.2 Å². The average Bonchev–Trinajstić information content (AvgIpc) is 2.56. The van der Waals surface area contributed by atoms with Crippen LogP contribution in [0.5, 0.6) is 0 Å². The molecule has 0 saturated heterocycles. The molecule has 2 rings (SSSR count). The maximum Gasteiger partial charge on any atom is 0.0572 e. The van der Waals surface area contributed by atoms with Gasteiger partial charge in [-0.25, -0.2) is 0 Å². The van der Waals surface area contributed by atoms with Gasteiger partial charge >= 0.3 is 0 Å². The van der Waals surface area contributed by atoms with Gasteiger partial charge in [0.1, 0.15) is 0 Å². The van der Waals surface area contributed by atoms with E-state index >= 15 is 0 Å². The molecule has 1 saturated carbocycles. The Labute approximate surface area is 84.7 Å². The van der Waals surface area contributed by atoms with Crippen LogP contribution in [-0.4, -0.2) is 21.0 Å². The lowest BCUT2D eigenvalue weighted by Crippen LogP contribution is -2.29. The molecule has 78 valence electrons. The second-order valence-corrected chi connectivity index (χ2v) is 4.43. The Morgan fingerprint density at radius 2 is 2.29 bits per heavy atom. The van der Waals surface area contributed by atoms with Crippen LogP contribution in [-0.2, 0) is 0 Å². The van der Waals surface area contributed by atoms with Crippen molar-refractivity contribution < 1.29 is 5.11 Å². The van der Waals surface area contributed by atoms with E-state index in [2.05, 4.69) is 23.6 Å². The molecule has 14 heavy (non-hydrogen) atoms. The van der Waals surface area contributed by atoms with Crippen molar-refractivity contribution in [1.82, 2.24) is 9.78 Å². The highest BCUT2D eigenvalue weighted by atomic mass is 16.3. The molecule has 0 aromatic carbocycles. The molecule has 3 unspecified atom stereocenters. The number of rotatable bonds is 1. The van der Waals surface area contributed by atoms with E-state index in [-0.39, 0.29) is 6.10 Å². The molecule has 0 radical (unpaired) electrons. The number of aryl methyl sites for hydroxylation is 1. The highest BCUT2D eigenvalue weighted by molar-refractivity contribution is 5.00. The third-order valence-corrected chi connectivity index (χ3v) is 3.31. The zero-order valence-electron chi connectivity index (χ0n) is 8.85. The quantitative estimate of drug-likeness (QED) is 0.741. The summed E-state index contributed by atoms with van der Waals surface area (Å²) in [7, 11) is 0. The lowest BCUT2D eigenvalue weighted by molar-refractivity contribution is 0.0728. The standard InChI is InChI=1S/C11H18N2O/c1-8-3-4-10(14)7-11(8)13-9(2)5-6-12-13/h5-6,8,10-11,14H,3-4,7H2,1-2H3. The van der Waals surface area contributed by atoms with Crippen LogP contribution in [0.1, 0.15) is 37.9 Å². The van der Waals surface area contributed by atoms with Crippen molar-refractivity contribution >= 4 is 0 Å². The molecule has 1 aromatic rings. The Kier molecular flexibility index (Phi) is 2.59. The molecular formula is C11H18N2O. The van der Waals surface area contributed by atoms with Gasteiger partial charge in [0.15, 0.2) is 0 Å². The fourth-order valence-corrected chi connectivity index (χ4v) is 2.35.